The maximum absolute atomic E-state index is 4.70. The number of anilines is 1. The highest BCUT2D eigenvalue weighted by Gasteiger charge is 2.11. The summed E-state index contributed by atoms with van der Waals surface area (Å²) in [5, 5.41) is 3.37. The molecule has 6 nitrogen and oxygen atoms in total. The molecule has 0 aliphatic heterocycles. The molecule has 0 saturated heterocycles. The van der Waals surface area contributed by atoms with Crippen LogP contribution in [-0.2, 0) is 0 Å². The van der Waals surface area contributed by atoms with Crippen LogP contribution in [0.2, 0.25) is 0 Å². The first-order valence-electron chi connectivity index (χ1n) is 9.81. The topological polar surface area (TPSA) is 68.5 Å². The Morgan fingerprint density at radius 3 is 2.53 bits per heavy atom. The Kier molecular flexibility index (Phi) is 4.65. The summed E-state index contributed by atoms with van der Waals surface area (Å²) in [7, 11) is 0. The Balaban J connectivity index is 1.45. The largest absolute Gasteiger partial charge is 0.348 e. The van der Waals surface area contributed by atoms with Crippen molar-refractivity contribution in [3.05, 3.63) is 97.1 Å². The Bertz CT molecular complexity index is 1280. The number of pyridine rings is 1. The number of rotatable bonds is 5. The molecule has 30 heavy (non-hydrogen) atoms. The molecular formula is C24H20N6. The highest BCUT2D eigenvalue weighted by atomic mass is 15.2. The third kappa shape index (κ3) is 3.51. The minimum absolute atomic E-state index is 0.0990. The molecule has 0 aliphatic carbocycles. The van der Waals surface area contributed by atoms with E-state index in [2.05, 4.69) is 45.4 Å². The predicted octanol–water partition coefficient (Wildman–Crippen LogP) is 5.05. The van der Waals surface area contributed by atoms with E-state index < -0.39 is 0 Å². The fourth-order valence-corrected chi connectivity index (χ4v) is 3.46. The van der Waals surface area contributed by atoms with E-state index in [1.54, 1.807) is 18.7 Å². The summed E-state index contributed by atoms with van der Waals surface area (Å²) in [6.07, 6.45) is 5.35. The second kappa shape index (κ2) is 7.75. The smallest absolute Gasteiger partial charge is 0.225 e. The van der Waals surface area contributed by atoms with Gasteiger partial charge >= 0.3 is 0 Å². The lowest BCUT2D eigenvalue weighted by atomic mass is 10.1. The summed E-state index contributed by atoms with van der Waals surface area (Å²) >= 11 is 0. The highest BCUT2D eigenvalue weighted by molar-refractivity contribution is 5.82. The molecule has 1 atom stereocenters. The minimum atomic E-state index is 0.0990. The second-order valence-corrected chi connectivity index (χ2v) is 7.05. The Labute approximate surface area is 174 Å². The van der Waals surface area contributed by atoms with Crippen molar-refractivity contribution in [2.75, 3.05) is 5.32 Å². The maximum Gasteiger partial charge on any atom is 0.225 e. The molecular weight excluding hydrogens is 372 g/mol. The van der Waals surface area contributed by atoms with Crippen LogP contribution >= 0.6 is 0 Å². The number of aromatic nitrogens is 5. The first kappa shape index (κ1) is 18.0. The van der Waals surface area contributed by atoms with Crippen LogP contribution in [0.25, 0.3) is 28.1 Å². The van der Waals surface area contributed by atoms with Crippen LogP contribution < -0.4 is 5.32 Å². The van der Waals surface area contributed by atoms with Crippen molar-refractivity contribution in [1.29, 1.82) is 0 Å². The van der Waals surface area contributed by atoms with Gasteiger partial charge in [0.1, 0.15) is 12.1 Å². The molecule has 5 aromatic rings. The van der Waals surface area contributed by atoms with Crippen LogP contribution in [0.4, 0.5) is 5.95 Å². The van der Waals surface area contributed by atoms with Crippen molar-refractivity contribution >= 4 is 17.0 Å². The Morgan fingerprint density at radius 1 is 0.833 bits per heavy atom. The second-order valence-electron chi connectivity index (χ2n) is 7.05. The van der Waals surface area contributed by atoms with Gasteiger partial charge in [0.25, 0.3) is 0 Å². The lowest BCUT2D eigenvalue weighted by Gasteiger charge is -2.14. The van der Waals surface area contributed by atoms with Gasteiger partial charge in [0, 0.05) is 18.0 Å². The molecule has 0 spiro atoms. The average Bonchev–Trinajstić information content (AvgIpc) is 3.24. The van der Waals surface area contributed by atoms with Crippen LogP contribution in [0.3, 0.4) is 0 Å². The summed E-state index contributed by atoms with van der Waals surface area (Å²) in [5.41, 5.74) is 5.02. The number of nitrogens with one attached hydrogen (secondary N) is 1. The molecule has 0 radical (unpaired) electrons. The maximum atomic E-state index is 4.70. The van der Waals surface area contributed by atoms with E-state index in [1.165, 1.54) is 5.56 Å². The molecule has 5 rings (SSSR count). The van der Waals surface area contributed by atoms with Gasteiger partial charge in [0.2, 0.25) is 5.95 Å². The third-order valence-electron chi connectivity index (χ3n) is 5.04. The zero-order valence-corrected chi connectivity index (χ0v) is 16.5. The van der Waals surface area contributed by atoms with Gasteiger partial charge in [0.15, 0.2) is 0 Å². The molecule has 6 heteroatoms. The standard InChI is InChI=1S/C24H20N6/c1-17(18-7-3-2-4-8-18)28-24-26-14-12-23(29-24)30-16-27-21-15-19(10-11-22(21)30)20-9-5-6-13-25-20/h2-17H,1H3,(H,26,28,29)/t17-/m0/s1. The Morgan fingerprint density at radius 2 is 1.70 bits per heavy atom. The van der Waals surface area contributed by atoms with Gasteiger partial charge in [-0.05, 0) is 42.8 Å². The normalized spacial score (nSPS) is 12.0. The number of fused-ring (bicyclic) bond motifs is 1. The van der Waals surface area contributed by atoms with E-state index in [-0.39, 0.29) is 6.04 Å². The summed E-state index contributed by atoms with van der Waals surface area (Å²) in [4.78, 5) is 18.1. The first-order chi connectivity index (χ1) is 14.8. The van der Waals surface area contributed by atoms with Crippen LogP contribution in [0.1, 0.15) is 18.5 Å². The molecule has 0 amide bonds. The molecule has 0 fully saturated rings. The summed E-state index contributed by atoms with van der Waals surface area (Å²) in [5.74, 6) is 1.34. The van der Waals surface area contributed by atoms with Crippen molar-refractivity contribution < 1.29 is 0 Å². The molecule has 0 aliphatic rings. The molecule has 0 saturated carbocycles. The van der Waals surface area contributed by atoms with E-state index in [0.29, 0.717) is 5.95 Å². The molecule has 3 aromatic heterocycles. The van der Waals surface area contributed by atoms with Crippen LogP contribution in [0, 0.1) is 0 Å². The van der Waals surface area contributed by atoms with Gasteiger partial charge in [-0.25, -0.2) is 9.97 Å². The number of nitrogens with zero attached hydrogens (tertiary/aromatic N) is 5. The van der Waals surface area contributed by atoms with Crippen molar-refractivity contribution in [2.45, 2.75) is 13.0 Å². The van der Waals surface area contributed by atoms with E-state index in [9.17, 15) is 0 Å². The lowest BCUT2D eigenvalue weighted by molar-refractivity contribution is 0.854. The van der Waals surface area contributed by atoms with Gasteiger partial charge in [-0.2, -0.15) is 4.98 Å². The van der Waals surface area contributed by atoms with E-state index in [4.69, 9.17) is 4.98 Å². The lowest BCUT2D eigenvalue weighted by Crippen LogP contribution is -2.10. The minimum Gasteiger partial charge on any atom is -0.348 e. The monoisotopic (exact) mass is 392 g/mol. The van der Waals surface area contributed by atoms with Gasteiger partial charge in [-0.3, -0.25) is 9.55 Å². The van der Waals surface area contributed by atoms with Crippen LogP contribution in [0.5, 0.6) is 0 Å². The van der Waals surface area contributed by atoms with Crippen LogP contribution in [0.15, 0.2) is 91.5 Å². The van der Waals surface area contributed by atoms with E-state index in [0.717, 1.165) is 28.1 Å². The molecule has 2 aromatic carbocycles. The fourth-order valence-electron chi connectivity index (χ4n) is 3.46. The molecule has 0 unspecified atom stereocenters. The zero-order chi connectivity index (χ0) is 20.3. The average molecular weight is 392 g/mol. The van der Waals surface area contributed by atoms with Gasteiger partial charge in [-0.1, -0.05) is 42.5 Å². The molecule has 3 heterocycles. The van der Waals surface area contributed by atoms with Gasteiger partial charge in [0.05, 0.1) is 22.8 Å². The van der Waals surface area contributed by atoms with E-state index in [1.807, 2.05) is 59.2 Å². The highest BCUT2D eigenvalue weighted by Crippen LogP contribution is 2.24. The van der Waals surface area contributed by atoms with Gasteiger partial charge < -0.3 is 5.32 Å². The summed E-state index contributed by atoms with van der Waals surface area (Å²) in [6.45, 7) is 2.09. The first-order valence-corrected chi connectivity index (χ1v) is 9.81. The zero-order valence-electron chi connectivity index (χ0n) is 16.5. The third-order valence-corrected chi connectivity index (χ3v) is 5.04. The fraction of sp³-hybridized carbons (Fsp3) is 0.0833. The van der Waals surface area contributed by atoms with Crippen molar-refractivity contribution in [2.24, 2.45) is 0 Å². The number of hydrogen-bond donors (Lipinski definition) is 1. The number of imidazole rings is 1. The van der Waals surface area contributed by atoms with Crippen LogP contribution in [-0.4, -0.2) is 24.5 Å². The van der Waals surface area contributed by atoms with Crippen molar-refractivity contribution in [1.82, 2.24) is 24.5 Å². The number of benzene rings is 2. The quantitative estimate of drug-likeness (QED) is 0.453. The molecule has 146 valence electrons. The van der Waals surface area contributed by atoms with Crippen molar-refractivity contribution in [3.8, 4) is 17.1 Å². The van der Waals surface area contributed by atoms with Crippen molar-refractivity contribution in [3.63, 3.8) is 0 Å². The SMILES string of the molecule is C[C@H](Nc1nccc(-n2cnc3cc(-c4ccccn4)ccc32)n1)c1ccccc1. The molecule has 0 bridgehead atoms. The predicted molar refractivity (Wildman–Crippen MR) is 118 cm³/mol. The summed E-state index contributed by atoms with van der Waals surface area (Å²) < 4.78 is 1.97. The van der Waals surface area contributed by atoms with E-state index >= 15 is 0 Å². The van der Waals surface area contributed by atoms with Gasteiger partial charge in [-0.15, -0.1) is 0 Å². The number of hydrogen-bond acceptors (Lipinski definition) is 5. The Hall–Kier alpha value is -4.06. The summed E-state index contributed by atoms with van der Waals surface area (Å²) in [6, 6.07) is 24.3. The molecule has 1 N–H and O–H groups in total.